The lowest BCUT2D eigenvalue weighted by Crippen LogP contribution is -2.25. The fraction of sp³-hybridized carbons (Fsp3) is 0.263. The first-order valence-electron chi connectivity index (χ1n) is 8.33. The van der Waals surface area contributed by atoms with Crippen LogP contribution in [0.1, 0.15) is 13.3 Å². The zero-order valence-corrected chi connectivity index (χ0v) is 17.1. The van der Waals surface area contributed by atoms with Gasteiger partial charge >= 0.3 is 0 Å². The molecule has 0 fully saturated rings. The number of anilines is 1. The van der Waals surface area contributed by atoms with Crippen LogP contribution in [0.5, 0.6) is 0 Å². The first kappa shape index (κ1) is 19.1. The fourth-order valence-corrected chi connectivity index (χ4v) is 4.04. The van der Waals surface area contributed by atoms with E-state index in [1.807, 2.05) is 30.7 Å². The molecule has 0 aliphatic heterocycles. The van der Waals surface area contributed by atoms with Gasteiger partial charge in [0.15, 0.2) is 5.65 Å². The summed E-state index contributed by atoms with van der Waals surface area (Å²) in [4.78, 5) is 11.7. The molecule has 2 heterocycles. The molecule has 0 saturated carbocycles. The molecule has 0 amide bonds. The molecule has 0 aliphatic carbocycles. The van der Waals surface area contributed by atoms with Gasteiger partial charge in [0.2, 0.25) is 0 Å². The Kier molecular flexibility index (Phi) is 6.12. The molecule has 0 bridgehead atoms. The number of imidazole rings is 1. The average Bonchev–Trinajstić information content (AvgIpc) is 3.00. The minimum atomic E-state index is 0.560. The number of fused-ring (bicyclic) bond motifs is 1. The van der Waals surface area contributed by atoms with Crippen molar-refractivity contribution in [3.8, 4) is 11.3 Å². The van der Waals surface area contributed by atoms with Crippen LogP contribution in [0.25, 0.3) is 16.9 Å². The number of thioether (sulfide) groups is 1. The third-order valence-corrected chi connectivity index (χ3v) is 5.22. The van der Waals surface area contributed by atoms with Crippen molar-refractivity contribution in [1.29, 1.82) is 0 Å². The highest BCUT2D eigenvalue weighted by atomic mass is 35.5. The van der Waals surface area contributed by atoms with Crippen LogP contribution in [0.4, 0.5) is 5.82 Å². The van der Waals surface area contributed by atoms with Gasteiger partial charge in [-0.3, -0.25) is 9.38 Å². The molecule has 3 aromatic rings. The van der Waals surface area contributed by atoms with Gasteiger partial charge < -0.3 is 4.90 Å². The molecular formula is C19H20Cl2N4S. The lowest BCUT2D eigenvalue weighted by atomic mass is 10.1. The highest BCUT2D eigenvalue weighted by Gasteiger charge is 2.21. The quantitative estimate of drug-likeness (QED) is 0.365. The van der Waals surface area contributed by atoms with E-state index in [2.05, 4.69) is 27.8 Å². The van der Waals surface area contributed by atoms with Crippen LogP contribution in [0.15, 0.2) is 48.3 Å². The SMILES string of the molecule is C=CCN(CCC)c1c(SC)nc2c(-c3ccc(Cl)cc3Cl)nccn12. The second kappa shape index (κ2) is 8.33. The Morgan fingerprint density at radius 2 is 2.15 bits per heavy atom. The summed E-state index contributed by atoms with van der Waals surface area (Å²) in [5.74, 6) is 1.06. The summed E-state index contributed by atoms with van der Waals surface area (Å²) >= 11 is 14.1. The van der Waals surface area contributed by atoms with Crippen molar-refractivity contribution in [3.05, 3.63) is 53.3 Å². The molecule has 3 rings (SSSR count). The molecule has 7 heteroatoms. The topological polar surface area (TPSA) is 33.4 Å². The van der Waals surface area contributed by atoms with Gasteiger partial charge in [-0.05, 0) is 30.9 Å². The zero-order chi connectivity index (χ0) is 18.7. The first-order valence-corrected chi connectivity index (χ1v) is 10.3. The second-order valence-electron chi connectivity index (χ2n) is 5.77. The van der Waals surface area contributed by atoms with Crippen LogP contribution in [0.3, 0.4) is 0 Å². The predicted octanol–water partition coefficient (Wildman–Crippen LogP) is 5.83. The van der Waals surface area contributed by atoms with E-state index in [-0.39, 0.29) is 0 Å². The van der Waals surface area contributed by atoms with Crippen molar-refractivity contribution in [3.63, 3.8) is 0 Å². The lowest BCUT2D eigenvalue weighted by molar-refractivity contribution is 0.787. The molecule has 0 radical (unpaired) electrons. The number of hydrogen-bond donors (Lipinski definition) is 0. The van der Waals surface area contributed by atoms with Gasteiger partial charge in [0.05, 0.1) is 5.02 Å². The summed E-state index contributed by atoms with van der Waals surface area (Å²) in [5.41, 5.74) is 2.34. The monoisotopic (exact) mass is 406 g/mol. The molecule has 0 atom stereocenters. The first-order chi connectivity index (χ1) is 12.6. The van der Waals surface area contributed by atoms with Crippen molar-refractivity contribution < 1.29 is 0 Å². The van der Waals surface area contributed by atoms with Gasteiger partial charge in [-0.15, -0.1) is 18.3 Å². The largest absolute Gasteiger partial charge is 0.352 e. The van der Waals surface area contributed by atoms with E-state index in [1.165, 1.54) is 0 Å². The Labute approximate surface area is 167 Å². The van der Waals surface area contributed by atoms with Crippen LogP contribution in [-0.4, -0.2) is 33.7 Å². The van der Waals surface area contributed by atoms with Gasteiger partial charge in [-0.2, -0.15) is 0 Å². The van der Waals surface area contributed by atoms with Gasteiger partial charge in [-0.25, -0.2) is 4.98 Å². The lowest BCUT2D eigenvalue weighted by Gasteiger charge is -2.23. The minimum absolute atomic E-state index is 0.560. The van der Waals surface area contributed by atoms with Crippen LogP contribution in [-0.2, 0) is 0 Å². The summed E-state index contributed by atoms with van der Waals surface area (Å²) in [6, 6.07) is 5.42. The highest BCUT2D eigenvalue weighted by molar-refractivity contribution is 7.98. The minimum Gasteiger partial charge on any atom is -0.352 e. The van der Waals surface area contributed by atoms with Crippen molar-refractivity contribution in [1.82, 2.24) is 14.4 Å². The third-order valence-electron chi connectivity index (χ3n) is 4.01. The summed E-state index contributed by atoms with van der Waals surface area (Å²) in [6.45, 7) is 7.74. The number of rotatable bonds is 7. The molecule has 0 aliphatic rings. The Morgan fingerprint density at radius 3 is 2.81 bits per heavy atom. The second-order valence-corrected chi connectivity index (χ2v) is 7.41. The van der Waals surface area contributed by atoms with Gasteiger partial charge in [0.25, 0.3) is 0 Å². The molecule has 136 valence electrons. The Hall–Kier alpha value is -1.69. The van der Waals surface area contributed by atoms with Gasteiger partial charge in [0.1, 0.15) is 16.5 Å². The van der Waals surface area contributed by atoms with E-state index >= 15 is 0 Å². The van der Waals surface area contributed by atoms with Crippen LogP contribution in [0.2, 0.25) is 10.0 Å². The van der Waals surface area contributed by atoms with E-state index in [0.29, 0.717) is 10.0 Å². The Bertz CT molecular complexity index is 939. The molecule has 0 N–H and O–H groups in total. The summed E-state index contributed by atoms with van der Waals surface area (Å²) < 4.78 is 2.08. The maximum absolute atomic E-state index is 6.42. The van der Waals surface area contributed by atoms with Crippen molar-refractivity contribution in [2.24, 2.45) is 0 Å². The highest BCUT2D eigenvalue weighted by Crippen LogP contribution is 2.36. The van der Waals surface area contributed by atoms with Crippen LogP contribution >= 0.6 is 35.0 Å². The summed E-state index contributed by atoms with van der Waals surface area (Å²) in [6.07, 6.45) is 8.70. The van der Waals surface area contributed by atoms with Crippen LogP contribution < -0.4 is 4.90 Å². The van der Waals surface area contributed by atoms with Crippen molar-refractivity contribution >= 4 is 46.4 Å². The Balaban J connectivity index is 2.24. The van der Waals surface area contributed by atoms with E-state index in [9.17, 15) is 0 Å². The van der Waals surface area contributed by atoms with E-state index in [0.717, 1.165) is 47.3 Å². The maximum Gasteiger partial charge on any atom is 0.166 e. The normalized spacial score (nSPS) is 11.1. The zero-order valence-electron chi connectivity index (χ0n) is 14.7. The Morgan fingerprint density at radius 1 is 1.35 bits per heavy atom. The third kappa shape index (κ3) is 3.56. The number of benzene rings is 1. The molecule has 2 aromatic heterocycles. The smallest absolute Gasteiger partial charge is 0.166 e. The number of hydrogen-bond acceptors (Lipinski definition) is 4. The maximum atomic E-state index is 6.42. The van der Waals surface area contributed by atoms with Crippen molar-refractivity contribution in [2.75, 3.05) is 24.2 Å². The number of nitrogens with zero attached hydrogens (tertiary/aromatic N) is 4. The predicted molar refractivity (Wildman–Crippen MR) is 113 cm³/mol. The fourth-order valence-electron chi connectivity index (χ4n) is 2.95. The standard InChI is InChI=1S/C19H20Cl2N4S/c1-4-9-24(10-5-2)19-18(26-3)23-17-16(22-8-11-25(17)19)14-7-6-13(20)12-15(14)21/h4,6-8,11-12H,1,5,9-10H2,2-3H3. The number of aromatic nitrogens is 3. The average molecular weight is 407 g/mol. The molecular weight excluding hydrogens is 387 g/mol. The van der Waals surface area contributed by atoms with E-state index < -0.39 is 0 Å². The molecule has 0 spiro atoms. The van der Waals surface area contributed by atoms with E-state index in [1.54, 1.807) is 24.0 Å². The molecule has 26 heavy (non-hydrogen) atoms. The summed E-state index contributed by atoms with van der Waals surface area (Å²) in [7, 11) is 0. The van der Waals surface area contributed by atoms with Gasteiger partial charge in [-0.1, -0.05) is 36.2 Å². The van der Waals surface area contributed by atoms with Gasteiger partial charge in [0, 0.05) is 36.1 Å². The van der Waals surface area contributed by atoms with Crippen molar-refractivity contribution in [2.45, 2.75) is 18.4 Å². The number of halogens is 2. The summed E-state index contributed by atoms with van der Waals surface area (Å²) in [5, 5.41) is 2.11. The molecule has 0 saturated heterocycles. The molecule has 0 unspecified atom stereocenters. The molecule has 1 aromatic carbocycles. The van der Waals surface area contributed by atoms with Crippen LogP contribution in [0, 0.1) is 0 Å². The van der Waals surface area contributed by atoms with E-state index in [4.69, 9.17) is 28.2 Å². The molecule has 4 nitrogen and oxygen atoms in total.